The summed E-state index contributed by atoms with van der Waals surface area (Å²) < 4.78 is 6.22. The summed E-state index contributed by atoms with van der Waals surface area (Å²) in [5.74, 6) is 0.921. The van der Waals surface area contributed by atoms with Crippen LogP contribution in [-0.4, -0.2) is 22.7 Å². The largest absolute Gasteiger partial charge is 0.468 e. The van der Waals surface area contributed by atoms with Gasteiger partial charge in [-0.1, -0.05) is 12.1 Å². The van der Waals surface area contributed by atoms with Gasteiger partial charge in [0.15, 0.2) is 5.72 Å². The lowest BCUT2D eigenvalue weighted by Crippen LogP contribution is -2.65. The van der Waals surface area contributed by atoms with Gasteiger partial charge in [0.1, 0.15) is 5.75 Å². The predicted molar refractivity (Wildman–Crippen MR) is 71.0 cm³/mol. The number of rotatable bonds is 1. The van der Waals surface area contributed by atoms with E-state index in [9.17, 15) is 4.79 Å². The van der Waals surface area contributed by atoms with Crippen LogP contribution < -0.4 is 10.1 Å². The molecule has 2 fully saturated rings. The Kier molecular flexibility index (Phi) is 2.02. The van der Waals surface area contributed by atoms with Crippen LogP contribution in [0.5, 0.6) is 5.75 Å². The van der Waals surface area contributed by atoms with Crippen molar-refractivity contribution in [2.24, 2.45) is 0 Å². The standard InChI is InChI=1S/C15H18N2O2/c1-9-3-6-11-12-8-15(2,19-13(11)7-9)17(10-4-5-10)14(18)16-12/h3,6-7,10,12H,4-5,8H2,1-2H3,(H,16,18). The van der Waals surface area contributed by atoms with Crippen LogP contribution in [-0.2, 0) is 0 Å². The molecule has 0 aromatic heterocycles. The van der Waals surface area contributed by atoms with Crippen LogP contribution in [0.3, 0.4) is 0 Å². The fourth-order valence-electron chi connectivity index (χ4n) is 3.38. The highest BCUT2D eigenvalue weighted by molar-refractivity contribution is 5.78. The Morgan fingerprint density at radius 2 is 2.21 bits per heavy atom. The first-order valence-corrected chi connectivity index (χ1v) is 6.96. The summed E-state index contributed by atoms with van der Waals surface area (Å²) in [6, 6.07) is 6.68. The van der Waals surface area contributed by atoms with Crippen molar-refractivity contribution in [2.45, 2.75) is 50.9 Å². The summed E-state index contributed by atoms with van der Waals surface area (Å²) in [6.45, 7) is 4.11. The van der Waals surface area contributed by atoms with Crippen LogP contribution in [0.4, 0.5) is 4.79 Å². The minimum absolute atomic E-state index is 0.0208. The highest BCUT2D eigenvalue weighted by atomic mass is 16.5. The molecule has 2 bridgehead atoms. The summed E-state index contributed by atoms with van der Waals surface area (Å²) in [6.07, 6.45) is 3.01. The zero-order valence-electron chi connectivity index (χ0n) is 11.3. The first-order chi connectivity index (χ1) is 9.07. The Bertz CT molecular complexity index is 567. The summed E-state index contributed by atoms with van der Waals surface area (Å²) in [5, 5.41) is 3.13. The third-order valence-electron chi connectivity index (χ3n) is 4.40. The number of urea groups is 1. The van der Waals surface area contributed by atoms with E-state index in [1.807, 2.05) is 11.8 Å². The van der Waals surface area contributed by atoms with Crippen LogP contribution in [0.25, 0.3) is 0 Å². The Morgan fingerprint density at radius 3 is 2.95 bits per heavy atom. The second-order valence-corrected chi connectivity index (χ2v) is 6.13. The average Bonchev–Trinajstić information content (AvgIpc) is 3.11. The smallest absolute Gasteiger partial charge is 0.321 e. The van der Waals surface area contributed by atoms with Gasteiger partial charge in [-0.3, -0.25) is 4.90 Å². The minimum Gasteiger partial charge on any atom is -0.468 e. The lowest BCUT2D eigenvalue weighted by Gasteiger charge is -2.51. The van der Waals surface area contributed by atoms with E-state index in [4.69, 9.17) is 4.74 Å². The number of hydrogen-bond acceptors (Lipinski definition) is 2. The third-order valence-corrected chi connectivity index (χ3v) is 4.40. The number of benzene rings is 1. The normalized spacial score (nSPS) is 32.4. The first kappa shape index (κ1) is 11.1. The SMILES string of the molecule is Cc1ccc2c(c1)OC1(C)CC2NC(=O)N1C1CC1. The molecule has 0 radical (unpaired) electrons. The van der Waals surface area contributed by atoms with E-state index in [0.717, 1.165) is 30.6 Å². The molecule has 1 saturated heterocycles. The average molecular weight is 258 g/mol. The number of carbonyl (C=O) groups excluding carboxylic acids is 1. The molecule has 100 valence electrons. The van der Waals surface area contributed by atoms with Crippen molar-refractivity contribution in [1.29, 1.82) is 0 Å². The zero-order chi connectivity index (χ0) is 13.2. The molecule has 19 heavy (non-hydrogen) atoms. The Balaban J connectivity index is 1.80. The molecule has 4 nitrogen and oxygen atoms in total. The van der Waals surface area contributed by atoms with Gasteiger partial charge >= 0.3 is 6.03 Å². The molecule has 4 rings (SSSR count). The van der Waals surface area contributed by atoms with Crippen LogP contribution in [0.1, 0.15) is 43.4 Å². The van der Waals surface area contributed by atoms with Gasteiger partial charge in [0, 0.05) is 18.0 Å². The first-order valence-electron chi connectivity index (χ1n) is 6.96. The lowest BCUT2D eigenvalue weighted by molar-refractivity contribution is -0.0878. The molecule has 2 unspecified atom stereocenters. The minimum atomic E-state index is -0.491. The summed E-state index contributed by atoms with van der Waals surface area (Å²) >= 11 is 0. The molecule has 1 aromatic rings. The highest BCUT2D eigenvalue weighted by Gasteiger charge is 2.53. The van der Waals surface area contributed by atoms with E-state index in [-0.39, 0.29) is 12.1 Å². The summed E-state index contributed by atoms with van der Waals surface area (Å²) in [7, 11) is 0. The number of nitrogens with zero attached hydrogens (tertiary/aromatic N) is 1. The number of ether oxygens (including phenoxy) is 1. The monoisotopic (exact) mass is 258 g/mol. The molecule has 1 saturated carbocycles. The molecule has 4 heteroatoms. The Morgan fingerprint density at radius 1 is 1.42 bits per heavy atom. The van der Waals surface area contributed by atoms with E-state index in [0.29, 0.717) is 6.04 Å². The fraction of sp³-hybridized carbons (Fsp3) is 0.533. The van der Waals surface area contributed by atoms with E-state index in [2.05, 4.69) is 30.4 Å². The number of hydrogen-bond donors (Lipinski definition) is 1. The fourth-order valence-corrected chi connectivity index (χ4v) is 3.38. The number of amides is 2. The van der Waals surface area contributed by atoms with Crippen molar-refractivity contribution in [3.63, 3.8) is 0 Å². The molecular formula is C15H18N2O2. The van der Waals surface area contributed by atoms with Gasteiger partial charge in [0.25, 0.3) is 0 Å². The van der Waals surface area contributed by atoms with Gasteiger partial charge in [-0.25, -0.2) is 4.79 Å². The van der Waals surface area contributed by atoms with Crippen molar-refractivity contribution >= 4 is 6.03 Å². The van der Waals surface area contributed by atoms with Crippen LogP contribution in [0, 0.1) is 6.92 Å². The van der Waals surface area contributed by atoms with Crippen LogP contribution >= 0.6 is 0 Å². The number of nitrogens with one attached hydrogen (secondary N) is 1. The molecule has 0 spiro atoms. The second-order valence-electron chi connectivity index (χ2n) is 6.13. The maximum Gasteiger partial charge on any atom is 0.321 e. The molecule has 2 amide bonds. The molecule has 2 atom stereocenters. The van der Waals surface area contributed by atoms with Gasteiger partial charge in [-0.15, -0.1) is 0 Å². The maximum absolute atomic E-state index is 12.3. The Labute approximate surface area is 112 Å². The molecule has 1 aliphatic carbocycles. The lowest BCUT2D eigenvalue weighted by atomic mass is 9.90. The molecule has 2 heterocycles. The number of fused-ring (bicyclic) bond motifs is 4. The van der Waals surface area contributed by atoms with E-state index >= 15 is 0 Å². The summed E-state index contributed by atoms with van der Waals surface area (Å²) in [4.78, 5) is 14.2. The van der Waals surface area contributed by atoms with E-state index in [1.54, 1.807) is 0 Å². The molecule has 3 aliphatic rings. The van der Waals surface area contributed by atoms with Gasteiger partial charge in [-0.05, 0) is 38.3 Å². The predicted octanol–water partition coefficient (Wildman–Crippen LogP) is 2.72. The van der Waals surface area contributed by atoms with Gasteiger partial charge in [0.2, 0.25) is 0 Å². The Hall–Kier alpha value is -1.71. The summed E-state index contributed by atoms with van der Waals surface area (Å²) in [5.41, 5.74) is 1.80. The quantitative estimate of drug-likeness (QED) is 0.841. The molecule has 1 N–H and O–H groups in total. The van der Waals surface area contributed by atoms with Crippen LogP contribution in [0.15, 0.2) is 18.2 Å². The molecular weight excluding hydrogens is 240 g/mol. The zero-order valence-corrected chi connectivity index (χ0v) is 11.3. The van der Waals surface area contributed by atoms with E-state index < -0.39 is 5.72 Å². The maximum atomic E-state index is 12.3. The molecule has 1 aromatic carbocycles. The van der Waals surface area contributed by atoms with Gasteiger partial charge in [-0.2, -0.15) is 0 Å². The number of aryl methyl sites for hydroxylation is 1. The van der Waals surface area contributed by atoms with Gasteiger partial charge in [0.05, 0.1) is 6.04 Å². The van der Waals surface area contributed by atoms with Crippen molar-refractivity contribution in [1.82, 2.24) is 10.2 Å². The van der Waals surface area contributed by atoms with Crippen LogP contribution in [0.2, 0.25) is 0 Å². The highest BCUT2D eigenvalue weighted by Crippen LogP contribution is 2.47. The van der Waals surface area contributed by atoms with Gasteiger partial charge < -0.3 is 10.1 Å². The van der Waals surface area contributed by atoms with E-state index in [1.165, 1.54) is 5.56 Å². The molecule has 2 aliphatic heterocycles. The van der Waals surface area contributed by atoms with Crippen molar-refractivity contribution in [2.75, 3.05) is 0 Å². The van der Waals surface area contributed by atoms with Crippen molar-refractivity contribution < 1.29 is 9.53 Å². The van der Waals surface area contributed by atoms with Crippen molar-refractivity contribution in [3.8, 4) is 5.75 Å². The third kappa shape index (κ3) is 1.55. The number of carbonyl (C=O) groups is 1. The topological polar surface area (TPSA) is 41.6 Å². The van der Waals surface area contributed by atoms with Crippen molar-refractivity contribution in [3.05, 3.63) is 29.3 Å². The second kappa shape index (κ2) is 3.44.